The molecule has 0 N–H and O–H groups in total. The van der Waals surface area contributed by atoms with E-state index in [4.69, 9.17) is 14.2 Å². The minimum Gasteiger partial charge on any atom is -0.462 e. The molecule has 0 saturated heterocycles. The van der Waals surface area contributed by atoms with Crippen molar-refractivity contribution >= 4 is 17.9 Å². The van der Waals surface area contributed by atoms with E-state index < -0.39 is 12.1 Å². The molecule has 0 amide bonds. The highest BCUT2D eigenvalue weighted by Gasteiger charge is 2.19. The monoisotopic (exact) mass is 939 g/mol. The molecule has 0 aromatic rings. The predicted molar refractivity (Wildman–Crippen MR) is 292 cm³/mol. The van der Waals surface area contributed by atoms with Crippen LogP contribution in [0.3, 0.4) is 0 Å². The number of hydrogen-bond acceptors (Lipinski definition) is 6. The molecule has 0 aromatic heterocycles. The van der Waals surface area contributed by atoms with E-state index in [9.17, 15) is 14.4 Å². The number of carbonyl (C=O) groups is 3. The van der Waals surface area contributed by atoms with Crippen LogP contribution in [0, 0.1) is 0 Å². The molecule has 0 heterocycles. The minimum atomic E-state index is -0.846. The molecular weight excluding hydrogens is 841 g/mol. The number of hydrogen-bond donors (Lipinski definition) is 0. The van der Waals surface area contributed by atoms with Gasteiger partial charge in [-0.05, 0) is 96.3 Å². The van der Waals surface area contributed by atoms with Crippen molar-refractivity contribution < 1.29 is 28.6 Å². The average molecular weight is 939 g/mol. The van der Waals surface area contributed by atoms with E-state index in [0.29, 0.717) is 19.3 Å². The molecular formula is C62H98O6. The zero-order valence-corrected chi connectivity index (χ0v) is 43.6. The van der Waals surface area contributed by atoms with Crippen molar-refractivity contribution in [2.24, 2.45) is 0 Å². The molecule has 382 valence electrons. The molecule has 0 aliphatic heterocycles. The molecule has 0 saturated carbocycles. The largest absolute Gasteiger partial charge is 0.462 e. The summed E-state index contributed by atoms with van der Waals surface area (Å²) in [6.45, 7) is 6.28. The van der Waals surface area contributed by atoms with Crippen molar-refractivity contribution in [3.8, 4) is 0 Å². The van der Waals surface area contributed by atoms with Crippen LogP contribution in [0.5, 0.6) is 0 Å². The van der Waals surface area contributed by atoms with Gasteiger partial charge in [-0.15, -0.1) is 0 Å². The first kappa shape index (κ1) is 63.5. The SMILES string of the molecule is CC/C=C\C/C=C\C/C=C\C/C=C\C/C=C\C/C=C\CCCCCCC(=O)OCC(COC(=O)CCCCCCCCCCCCCC)OC(=O)C/C=C\C/C=C\C/C=C\C/C=C\C/C=C\CC. The van der Waals surface area contributed by atoms with Crippen LogP contribution in [-0.2, 0) is 28.6 Å². The fraction of sp³-hybridized carbons (Fsp3) is 0.597. The van der Waals surface area contributed by atoms with E-state index in [2.05, 4.69) is 142 Å². The Hall–Kier alpha value is -4.45. The van der Waals surface area contributed by atoms with Crippen molar-refractivity contribution in [2.75, 3.05) is 13.2 Å². The van der Waals surface area contributed by atoms with Crippen LogP contribution in [0.25, 0.3) is 0 Å². The molecule has 0 spiro atoms. The zero-order valence-electron chi connectivity index (χ0n) is 43.6. The maximum atomic E-state index is 12.8. The number of rotatable bonds is 47. The van der Waals surface area contributed by atoms with Crippen LogP contribution in [0.2, 0.25) is 0 Å². The number of carbonyl (C=O) groups excluding carboxylic acids is 3. The Morgan fingerprint density at radius 2 is 0.618 bits per heavy atom. The summed E-state index contributed by atoms with van der Waals surface area (Å²) in [5.41, 5.74) is 0. The number of esters is 3. The predicted octanol–water partition coefficient (Wildman–Crippen LogP) is 18.3. The minimum absolute atomic E-state index is 0.0866. The molecule has 0 aliphatic carbocycles. The van der Waals surface area contributed by atoms with Gasteiger partial charge >= 0.3 is 17.9 Å². The Balaban J connectivity index is 4.52. The van der Waals surface area contributed by atoms with Crippen molar-refractivity contribution in [1.82, 2.24) is 0 Å². The Morgan fingerprint density at radius 3 is 0.971 bits per heavy atom. The third-order valence-electron chi connectivity index (χ3n) is 10.9. The molecule has 0 radical (unpaired) electrons. The van der Waals surface area contributed by atoms with Gasteiger partial charge in [-0.3, -0.25) is 14.4 Å². The highest BCUT2D eigenvalue weighted by molar-refractivity contribution is 5.72. The molecule has 1 atom stereocenters. The van der Waals surface area contributed by atoms with Gasteiger partial charge in [0.15, 0.2) is 6.10 Å². The normalized spacial score (nSPS) is 13.2. The maximum absolute atomic E-state index is 12.8. The van der Waals surface area contributed by atoms with Crippen molar-refractivity contribution in [3.05, 3.63) is 134 Å². The summed E-state index contributed by atoms with van der Waals surface area (Å²) in [6.07, 6.45) is 77.5. The first-order chi connectivity index (χ1) is 33.5. The van der Waals surface area contributed by atoms with Crippen LogP contribution in [-0.4, -0.2) is 37.2 Å². The summed E-state index contributed by atoms with van der Waals surface area (Å²) in [4.78, 5) is 38.0. The standard InChI is InChI=1S/C62H98O6/c1-4-7-10-13-16-19-22-25-27-28-29-30-31-32-33-34-36-37-40-43-46-49-52-55-61(64)67-58-59(57-66-60(63)54-51-48-45-42-39-24-21-18-15-12-9-6-3)68-62(65)56-53-50-47-44-41-38-35-26-23-20-17-14-11-8-5-2/h7-8,10-11,16-17,19-20,25-27,29-30,32-33,35-37,41,44,50,53,59H,4-6,9,12-15,18,21-24,28,31,34,38-40,42-43,45-49,51-52,54-58H2,1-3H3/b10-7-,11-8-,19-16-,20-17-,27-25-,30-29-,33-32-,35-26-,37-36-,44-41-,53-50-. The summed E-state index contributed by atoms with van der Waals surface area (Å²) in [7, 11) is 0. The number of ether oxygens (including phenoxy) is 3. The molecule has 0 fully saturated rings. The number of allylic oxidation sites excluding steroid dienone is 21. The molecule has 68 heavy (non-hydrogen) atoms. The van der Waals surface area contributed by atoms with Gasteiger partial charge in [0.2, 0.25) is 0 Å². The topological polar surface area (TPSA) is 78.9 Å². The molecule has 1 unspecified atom stereocenters. The molecule has 6 nitrogen and oxygen atoms in total. The van der Waals surface area contributed by atoms with Crippen molar-refractivity contribution in [1.29, 1.82) is 0 Å². The van der Waals surface area contributed by atoms with Crippen LogP contribution >= 0.6 is 0 Å². The maximum Gasteiger partial charge on any atom is 0.310 e. The van der Waals surface area contributed by atoms with Crippen molar-refractivity contribution in [2.45, 2.75) is 226 Å². The second kappa shape index (κ2) is 55.1. The smallest absolute Gasteiger partial charge is 0.310 e. The van der Waals surface area contributed by atoms with Crippen molar-refractivity contribution in [3.63, 3.8) is 0 Å². The van der Waals surface area contributed by atoms with Gasteiger partial charge in [0, 0.05) is 12.8 Å². The zero-order chi connectivity index (χ0) is 49.3. The Morgan fingerprint density at radius 1 is 0.324 bits per heavy atom. The van der Waals surface area contributed by atoms with Gasteiger partial charge in [0.1, 0.15) is 13.2 Å². The first-order valence-corrected chi connectivity index (χ1v) is 27.2. The average Bonchev–Trinajstić information content (AvgIpc) is 3.34. The second-order valence-electron chi connectivity index (χ2n) is 17.4. The summed E-state index contributed by atoms with van der Waals surface area (Å²) < 4.78 is 16.7. The van der Waals surface area contributed by atoms with Gasteiger partial charge in [0.05, 0.1) is 6.42 Å². The third-order valence-corrected chi connectivity index (χ3v) is 10.9. The van der Waals surface area contributed by atoms with Crippen LogP contribution in [0.1, 0.15) is 220 Å². The van der Waals surface area contributed by atoms with Gasteiger partial charge in [0.25, 0.3) is 0 Å². The summed E-state index contributed by atoms with van der Waals surface area (Å²) in [5.74, 6) is -1.09. The quantitative estimate of drug-likeness (QED) is 0.0262. The molecule has 0 rings (SSSR count). The van der Waals surface area contributed by atoms with Crippen LogP contribution in [0.4, 0.5) is 0 Å². The third kappa shape index (κ3) is 52.5. The Kier molecular flexibility index (Phi) is 51.5. The van der Waals surface area contributed by atoms with Crippen LogP contribution in [0.15, 0.2) is 134 Å². The lowest BCUT2D eigenvalue weighted by Gasteiger charge is -2.18. The molecule has 0 aliphatic rings. The summed E-state index contributed by atoms with van der Waals surface area (Å²) >= 11 is 0. The fourth-order valence-electron chi connectivity index (χ4n) is 6.93. The van der Waals surface area contributed by atoms with Gasteiger partial charge in [-0.2, -0.15) is 0 Å². The lowest BCUT2D eigenvalue weighted by molar-refractivity contribution is -0.166. The van der Waals surface area contributed by atoms with Crippen LogP contribution < -0.4 is 0 Å². The van der Waals surface area contributed by atoms with Gasteiger partial charge in [-0.25, -0.2) is 0 Å². The van der Waals surface area contributed by atoms with E-state index in [1.165, 1.54) is 57.8 Å². The number of unbranched alkanes of at least 4 members (excludes halogenated alkanes) is 15. The van der Waals surface area contributed by atoms with Gasteiger partial charge < -0.3 is 14.2 Å². The second-order valence-corrected chi connectivity index (χ2v) is 17.4. The summed E-state index contributed by atoms with van der Waals surface area (Å²) in [6, 6.07) is 0. The van der Waals surface area contributed by atoms with E-state index in [-0.39, 0.29) is 31.6 Å². The summed E-state index contributed by atoms with van der Waals surface area (Å²) in [5, 5.41) is 0. The molecule has 6 heteroatoms. The Bertz CT molecular complexity index is 1500. The lowest BCUT2D eigenvalue weighted by Crippen LogP contribution is -2.30. The first-order valence-electron chi connectivity index (χ1n) is 27.2. The highest BCUT2D eigenvalue weighted by Crippen LogP contribution is 2.14. The Labute approximate surface area is 417 Å². The lowest BCUT2D eigenvalue weighted by atomic mass is 10.0. The highest BCUT2D eigenvalue weighted by atomic mass is 16.6. The van der Waals surface area contributed by atoms with E-state index in [1.54, 1.807) is 6.08 Å². The van der Waals surface area contributed by atoms with E-state index in [0.717, 1.165) is 116 Å². The van der Waals surface area contributed by atoms with E-state index >= 15 is 0 Å². The fourth-order valence-corrected chi connectivity index (χ4v) is 6.93. The molecule has 0 aromatic carbocycles. The molecule has 0 bridgehead atoms. The van der Waals surface area contributed by atoms with Gasteiger partial charge in [-0.1, -0.05) is 238 Å². The van der Waals surface area contributed by atoms with E-state index in [1.807, 2.05) is 6.08 Å².